The molecule has 1 fully saturated rings. The monoisotopic (exact) mass is 321 g/mol. The molecule has 0 bridgehead atoms. The number of aliphatic imine (C=N–C) groups is 1. The molecule has 3 nitrogen and oxygen atoms in total. The molecule has 24 heavy (non-hydrogen) atoms. The van der Waals surface area contributed by atoms with Crippen LogP contribution in [0.15, 0.2) is 41.5 Å². The van der Waals surface area contributed by atoms with Crippen LogP contribution >= 0.6 is 0 Å². The summed E-state index contributed by atoms with van der Waals surface area (Å²) in [5.74, 6) is 0. The molecule has 2 aliphatic heterocycles. The van der Waals surface area contributed by atoms with E-state index in [0.717, 1.165) is 13.0 Å². The van der Waals surface area contributed by atoms with Crippen molar-refractivity contribution in [2.24, 2.45) is 4.99 Å². The lowest BCUT2D eigenvalue weighted by Crippen LogP contribution is -2.26. The van der Waals surface area contributed by atoms with Crippen LogP contribution in [-0.2, 0) is 0 Å². The maximum Gasteiger partial charge on any atom is 0.0908 e. The van der Waals surface area contributed by atoms with Crippen LogP contribution in [0.5, 0.6) is 0 Å². The molecular weight excluding hydrogens is 294 g/mol. The molecule has 0 amide bonds. The Morgan fingerprint density at radius 1 is 1.04 bits per heavy atom. The molecule has 0 unspecified atom stereocenters. The number of aromatic nitrogens is 1. The van der Waals surface area contributed by atoms with Crippen molar-refractivity contribution in [3.05, 3.63) is 53.3 Å². The Morgan fingerprint density at radius 2 is 1.88 bits per heavy atom. The molecule has 0 spiro atoms. The predicted octanol–water partition coefficient (Wildman–Crippen LogP) is 4.20. The molecule has 3 heterocycles. The lowest BCUT2D eigenvalue weighted by atomic mass is 10.1. The minimum atomic E-state index is 0.921. The Labute approximate surface area is 145 Å². The standard InChI is InChI=1S/C21H27N3/c1-17-9-10-19-18(16-17)21(20-8-6-15-24(19)20)22-11-7-14-23-12-4-2-3-5-13-23/h6,8-10,15-16H,2-5,7,11-14H2,1H3. The van der Waals surface area contributed by atoms with Crippen LogP contribution in [0.25, 0.3) is 5.69 Å². The van der Waals surface area contributed by atoms with Crippen LogP contribution in [0.2, 0.25) is 0 Å². The van der Waals surface area contributed by atoms with Crippen molar-refractivity contribution in [3.8, 4) is 5.69 Å². The second-order valence-corrected chi connectivity index (χ2v) is 7.12. The van der Waals surface area contributed by atoms with E-state index in [0.29, 0.717) is 0 Å². The molecule has 0 aliphatic carbocycles. The van der Waals surface area contributed by atoms with E-state index in [2.05, 4.69) is 52.9 Å². The van der Waals surface area contributed by atoms with Gasteiger partial charge < -0.3 is 9.47 Å². The zero-order chi connectivity index (χ0) is 16.4. The third-order valence-corrected chi connectivity index (χ3v) is 5.26. The summed E-state index contributed by atoms with van der Waals surface area (Å²) in [5.41, 5.74) is 6.28. The van der Waals surface area contributed by atoms with E-state index in [9.17, 15) is 0 Å². The van der Waals surface area contributed by atoms with E-state index >= 15 is 0 Å². The highest BCUT2D eigenvalue weighted by atomic mass is 15.1. The lowest BCUT2D eigenvalue weighted by molar-refractivity contribution is 0.283. The lowest BCUT2D eigenvalue weighted by Gasteiger charge is -2.18. The van der Waals surface area contributed by atoms with E-state index in [1.165, 1.54) is 73.5 Å². The summed E-state index contributed by atoms with van der Waals surface area (Å²) in [6, 6.07) is 11.0. The van der Waals surface area contributed by atoms with E-state index in [1.807, 2.05) is 0 Å². The third-order valence-electron chi connectivity index (χ3n) is 5.26. The summed E-state index contributed by atoms with van der Waals surface area (Å²) in [5, 5.41) is 0. The number of fused-ring (bicyclic) bond motifs is 3. The molecule has 0 N–H and O–H groups in total. The Morgan fingerprint density at radius 3 is 2.71 bits per heavy atom. The molecule has 0 atom stereocenters. The highest BCUT2D eigenvalue weighted by Crippen LogP contribution is 2.29. The van der Waals surface area contributed by atoms with Gasteiger partial charge in [0.05, 0.1) is 17.1 Å². The fourth-order valence-electron chi connectivity index (χ4n) is 3.98. The van der Waals surface area contributed by atoms with Crippen molar-refractivity contribution in [1.29, 1.82) is 0 Å². The molecule has 2 aliphatic rings. The zero-order valence-electron chi connectivity index (χ0n) is 14.7. The number of nitrogens with zero attached hydrogens (tertiary/aromatic N) is 3. The van der Waals surface area contributed by atoms with Gasteiger partial charge in [0, 0.05) is 18.3 Å². The fourth-order valence-corrected chi connectivity index (χ4v) is 3.98. The summed E-state index contributed by atoms with van der Waals surface area (Å²) >= 11 is 0. The largest absolute Gasteiger partial charge is 0.314 e. The van der Waals surface area contributed by atoms with Gasteiger partial charge in [-0.2, -0.15) is 0 Å². The van der Waals surface area contributed by atoms with E-state index in [4.69, 9.17) is 4.99 Å². The van der Waals surface area contributed by atoms with Gasteiger partial charge in [-0.25, -0.2) is 0 Å². The van der Waals surface area contributed by atoms with Gasteiger partial charge in [0.2, 0.25) is 0 Å². The summed E-state index contributed by atoms with van der Waals surface area (Å²) in [6.45, 7) is 6.83. The van der Waals surface area contributed by atoms with Gasteiger partial charge in [-0.15, -0.1) is 0 Å². The molecule has 1 saturated heterocycles. The molecule has 1 aromatic heterocycles. The van der Waals surface area contributed by atoms with Crippen molar-refractivity contribution in [2.75, 3.05) is 26.2 Å². The normalized spacial score (nSPS) is 19.3. The molecule has 0 radical (unpaired) electrons. The SMILES string of the molecule is Cc1ccc2c(c1)C(=NCCCN1CCCCCC1)c1cccn1-2. The molecule has 3 heteroatoms. The van der Waals surface area contributed by atoms with Gasteiger partial charge in [-0.1, -0.05) is 24.5 Å². The minimum absolute atomic E-state index is 0.921. The first-order chi connectivity index (χ1) is 11.8. The summed E-state index contributed by atoms with van der Waals surface area (Å²) in [7, 11) is 0. The van der Waals surface area contributed by atoms with E-state index in [-0.39, 0.29) is 0 Å². The Balaban J connectivity index is 1.46. The van der Waals surface area contributed by atoms with Gasteiger partial charge in [0.15, 0.2) is 0 Å². The molecule has 4 rings (SSSR count). The third kappa shape index (κ3) is 3.05. The highest BCUT2D eigenvalue weighted by Gasteiger charge is 2.23. The number of rotatable bonds is 4. The average molecular weight is 321 g/mol. The smallest absolute Gasteiger partial charge is 0.0908 e. The van der Waals surface area contributed by atoms with E-state index < -0.39 is 0 Å². The number of benzene rings is 1. The van der Waals surface area contributed by atoms with Gasteiger partial charge in [0.25, 0.3) is 0 Å². The Kier molecular flexibility index (Phi) is 4.52. The van der Waals surface area contributed by atoms with Crippen LogP contribution in [0.3, 0.4) is 0 Å². The summed E-state index contributed by atoms with van der Waals surface area (Å²) in [6.07, 6.45) is 8.86. The average Bonchev–Trinajstić information content (AvgIpc) is 3.04. The first kappa shape index (κ1) is 15.6. The maximum absolute atomic E-state index is 5.00. The first-order valence-electron chi connectivity index (χ1n) is 9.39. The second kappa shape index (κ2) is 6.94. The number of hydrogen-bond acceptors (Lipinski definition) is 2. The molecule has 2 aromatic rings. The van der Waals surface area contributed by atoms with Crippen molar-refractivity contribution in [1.82, 2.24) is 9.47 Å². The quantitative estimate of drug-likeness (QED) is 0.660. The van der Waals surface area contributed by atoms with Gasteiger partial charge >= 0.3 is 0 Å². The Hall–Kier alpha value is -1.87. The molecule has 126 valence electrons. The fraction of sp³-hybridized carbons (Fsp3) is 0.476. The van der Waals surface area contributed by atoms with Crippen molar-refractivity contribution in [3.63, 3.8) is 0 Å². The zero-order valence-corrected chi connectivity index (χ0v) is 14.7. The first-order valence-corrected chi connectivity index (χ1v) is 9.39. The van der Waals surface area contributed by atoms with Crippen LogP contribution in [-0.4, -0.2) is 41.4 Å². The number of aryl methyl sites for hydroxylation is 1. The van der Waals surface area contributed by atoms with Crippen LogP contribution < -0.4 is 0 Å². The molecular formula is C21H27N3. The number of hydrogen-bond donors (Lipinski definition) is 0. The molecule has 0 saturated carbocycles. The maximum atomic E-state index is 5.00. The van der Waals surface area contributed by atoms with Crippen LogP contribution in [0, 0.1) is 6.92 Å². The van der Waals surface area contributed by atoms with Gasteiger partial charge in [-0.05, 0) is 70.1 Å². The van der Waals surface area contributed by atoms with Crippen LogP contribution in [0.1, 0.15) is 48.9 Å². The van der Waals surface area contributed by atoms with Gasteiger partial charge in [0.1, 0.15) is 0 Å². The summed E-state index contributed by atoms with van der Waals surface area (Å²) < 4.78 is 2.27. The topological polar surface area (TPSA) is 20.5 Å². The minimum Gasteiger partial charge on any atom is -0.314 e. The predicted molar refractivity (Wildman–Crippen MR) is 101 cm³/mol. The van der Waals surface area contributed by atoms with Crippen molar-refractivity contribution >= 4 is 5.71 Å². The van der Waals surface area contributed by atoms with E-state index in [1.54, 1.807) is 0 Å². The highest BCUT2D eigenvalue weighted by molar-refractivity contribution is 6.17. The molecule has 1 aromatic carbocycles. The van der Waals surface area contributed by atoms with Crippen molar-refractivity contribution < 1.29 is 0 Å². The Bertz CT molecular complexity index is 733. The van der Waals surface area contributed by atoms with Crippen LogP contribution in [0.4, 0.5) is 0 Å². The van der Waals surface area contributed by atoms with Gasteiger partial charge in [-0.3, -0.25) is 4.99 Å². The summed E-state index contributed by atoms with van der Waals surface area (Å²) in [4.78, 5) is 7.62. The second-order valence-electron chi connectivity index (χ2n) is 7.12. The number of likely N-dealkylation sites (tertiary alicyclic amines) is 1. The van der Waals surface area contributed by atoms with Crippen molar-refractivity contribution in [2.45, 2.75) is 39.0 Å².